The standard InChI is InChI=1S/C13H18ClNO/c1-9-5-7-10(8-6-9)16-12-4-2-3-11(14)13(12)15/h2-4,9-10H,5-8,15H2,1H3. The minimum atomic E-state index is 0.303. The molecule has 0 heterocycles. The van der Waals surface area contributed by atoms with Gasteiger partial charge in [-0.05, 0) is 43.7 Å². The number of hydrogen-bond donors (Lipinski definition) is 1. The molecule has 0 radical (unpaired) electrons. The molecule has 0 saturated heterocycles. The Morgan fingerprint density at radius 2 is 1.94 bits per heavy atom. The van der Waals surface area contributed by atoms with Crippen LogP contribution in [0.1, 0.15) is 32.6 Å². The second-order valence-corrected chi connectivity index (χ2v) is 5.06. The molecule has 1 aliphatic carbocycles. The zero-order valence-corrected chi connectivity index (χ0v) is 10.3. The van der Waals surface area contributed by atoms with Gasteiger partial charge in [0.2, 0.25) is 0 Å². The fourth-order valence-electron chi connectivity index (χ4n) is 2.15. The summed E-state index contributed by atoms with van der Waals surface area (Å²) in [4.78, 5) is 0. The average molecular weight is 240 g/mol. The van der Waals surface area contributed by atoms with Gasteiger partial charge in [0.1, 0.15) is 5.75 Å². The second kappa shape index (κ2) is 4.96. The summed E-state index contributed by atoms with van der Waals surface area (Å²) < 4.78 is 5.91. The maximum absolute atomic E-state index is 5.95. The van der Waals surface area contributed by atoms with E-state index in [1.807, 2.05) is 12.1 Å². The van der Waals surface area contributed by atoms with Crippen molar-refractivity contribution in [1.29, 1.82) is 0 Å². The highest BCUT2D eigenvalue weighted by molar-refractivity contribution is 6.33. The van der Waals surface area contributed by atoms with Crippen LogP contribution in [0.5, 0.6) is 5.75 Å². The number of rotatable bonds is 2. The Hall–Kier alpha value is -0.890. The first-order valence-electron chi connectivity index (χ1n) is 5.87. The van der Waals surface area contributed by atoms with E-state index >= 15 is 0 Å². The van der Waals surface area contributed by atoms with E-state index in [2.05, 4.69) is 6.92 Å². The molecule has 2 rings (SSSR count). The van der Waals surface area contributed by atoms with Crippen molar-refractivity contribution >= 4 is 17.3 Å². The van der Waals surface area contributed by atoms with Gasteiger partial charge in [-0.2, -0.15) is 0 Å². The number of halogens is 1. The summed E-state index contributed by atoms with van der Waals surface area (Å²) in [6.45, 7) is 2.30. The maximum atomic E-state index is 5.95. The van der Waals surface area contributed by atoms with Gasteiger partial charge in [0.25, 0.3) is 0 Å². The molecule has 0 bridgehead atoms. The van der Waals surface area contributed by atoms with Gasteiger partial charge in [0.05, 0.1) is 16.8 Å². The SMILES string of the molecule is CC1CCC(Oc2cccc(Cl)c2N)CC1. The lowest BCUT2D eigenvalue weighted by atomic mass is 9.89. The molecule has 0 spiro atoms. The molecule has 3 heteroatoms. The number of para-hydroxylation sites is 1. The first-order valence-corrected chi connectivity index (χ1v) is 6.25. The van der Waals surface area contributed by atoms with Crippen LogP contribution in [-0.4, -0.2) is 6.10 Å². The first kappa shape index (κ1) is 11.6. The number of benzene rings is 1. The Morgan fingerprint density at radius 1 is 1.25 bits per heavy atom. The average Bonchev–Trinajstić information content (AvgIpc) is 2.28. The smallest absolute Gasteiger partial charge is 0.144 e. The molecule has 1 aromatic carbocycles. The first-order chi connectivity index (χ1) is 7.66. The molecule has 1 aliphatic rings. The van der Waals surface area contributed by atoms with Crippen LogP contribution in [0.15, 0.2) is 18.2 Å². The Balaban J connectivity index is 2.01. The van der Waals surface area contributed by atoms with Crippen LogP contribution >= 0.6 is 11.6 Å². The van der Waals surface area contributed by atoms with Gasteiger partial charge in [-0.25, -0.2) is 0 Å². The van der Waals surface area contributed by atoms with E-state index in [4.69, 9.17) is 22.1 Å². The number of anilines is 1. The molecule has 0 atom stereocenters. The highest BCUT2D eigenvalue weighted by atomic mass is 35.5. The minimum Gasteiger partial charge on any atom is -0.488 e. The molecule has 0 amide bonds. The molecule has 0 unspecified atom stereocenters. The zero-order chi connectivity index (χ0) is 11.5. The van der Waals surface area contributed by atoms with E-state index in [1.54, 1.807) is 6.07 Å². The maximum Gasteiger partial charge on any atom is 0.144 e. The van der Waals surface area contributed by atoms with Crippen molar-refractivity contribution in [2.45, 2.75) is 38.7 Å². The monoisotopic (exact) mass is 239 g/mol. The topological polar surface area (TPSA) is 35.2 Å². The predicted molar refractivity (Wildman–Crippen MR) is 67.9 cm³/mol. The fourth-order valence-corrected chi connectivity index (χ4v) is 2.31. The molecule has 0 aromatic heterocycles. The molecule has 16 heavy (non-hydrogen) atoms. The minimum absolute atomic E-state index is 0.303. The third kappa shape index (κ3) is 2.62. The molecule has 2 nitrogen and oxygen atoms in total. The van der Waals surface area contributed by atoms with Crippen molar-refractivity contribution in [2.24, 2.45) is 5.92 Å². The van der Waals surface area contributed by atoms with Gasteiger partial charge in [0.15, 0.2) is 0 Å². The van der Waals surface area contributed by atoms with Gasteiger partial charge in [-0.1, -0.05) is 24.6 Å². The van der Waals surface area contributed by atoms with Crippen LogP contribution in [0.25, 0.3) is 0 Å². The van der Waals surface area contributed by atoms with Crippen molar-refractivity contribution in [3.63, 3.8) is 0 Å². The lowest BCUT2D eigenvalue weighted by Crippen LogP contribution is -2.23. The van der Waals surface area contributed by atoms with Crippen LogP contribution in [0.3, 0.4) is 0 Å². The summed E-state index contributed by atoms with van der Waals surface area (Å²) in [5, 5.41) is 0.571. The Bertz CT molecular complexity index is 359. The number of hydrogen-bond acceptors (Lipinski definition) is 2. The van der Waals surface area contributed by atoms with Crippen LogP contribution < -0.4 is 10.5 Å². The van der Waals surface area contributed by atoms with E-state index in [-0.39, 0.29) is 0 Å². The third-order valence-electron chi connectivity index (χ3n) is 3.27. The van der Waals surface area contributed by atoms with Crippen LogP contribution in [0, 0.1) is 5.92 Å². The van der Waals surface area contributed by atoms with E-state index in [0.29, 0.717) is 16.8 Å². The van der Waals surface area contributed by atoms with Crippen LogP contribution in [0.4, 0.5) is 5.69 Å². The molecular formula is C13H18ClNO. The fraction of sp³-hybridized carbons (Fsp3) is 0.538. The summed E-state index contributed by atoms with van der Waals surface area (Å²) in [5.74, 6) is 1.56. The van der Waals surface area contributed by atoms with Crippen LogP contribution in [-0.2, 0) is 0 Å². The van der Waals surface area contributed by atoms with E-state index in [1.165, 1.54) is 12.8 Å². The Morgan fingerprint density at radius 3 is 2.62 bits per heavy atom. The summed E-state index contributed by atoms with van der Waals surface area (Å²) in [7, 11) is 0. The summed E-state index contributed by atoms with van der Waals surface area (Å²) in [5.41, 5.74) is 6.43. The lowest BCUT2D eigenvalue weighted by molar-refractivity contribution is 0.136. The number of nitrogens with two attached hydrogens (primary N) is 1. The molecule has 2 N–H and O–H groups in total. The van der Waals surface area contributed by atoms with Gasteiger partial charge in [-0.15, -0.1) is 0 Å². The molecule has 1 fully saturated rings. The van der Waals surface area contributed by atoms with Crippen molar-refractivity contribution in [3.8, 4) is 5.75 Å². The molecule has 1 saturated carbocycles. The van der Waals surface area contributed by atoms with Gasteiger partial charge in [0, 0.05) is 0 Å². The van der Waals surface area contributed by atoms with Crippen molar-refractivity contribution in [2.75, 3.05) is 5.73 Å². The normalized spacial score (nSPS) is 25.4. The zero-order valence-electron chi connectivity index (χ0n) is 9.58. The third-order valence-corrected chi connectivity index (χ3v) is 3.60. The highest BCUT2D eigenvalue weighted by Crippen LogP contribution is 2.33. The molecular weight excluding hydrogens is 222 g/mol. The van der Waals surface area contributed by atoms with E-state index < -0.39 is 0 Å². The summed E-state index contributed by atoms with van der Waals surface area (Å²) in [6.07, 6.45) is 5.02. The van der Waals surface area contributed by atoms with Crippen molar-refractivity contribution < 1.29 is 4.74 Å². The van der Waals surface area contributed by atoms with E-state index in [9.17, 15) is 0 Å². The van der Waals surface area contributed by atoms with Crippen LogP contribution in [0.2, 0.25) is 5.02 Å². The van der Waals surface area contributed by atoms with Gasteiger partial charge in [-0.3, -0.25) is 0 Å². The highest BCUT2D eigenvalue weighted by Gasteiger charge is 2.20. The second-order valence-electron chi connectivity index (χ2n) is 4.65. The summed E-state index contributed by atoms with van der Waals surface area (Å²) in [6, 6.07) is 5.55. The van der Waals surface area contributed by atoms with Crippen molar-refractivity contribution in [1.82, 2.24) is 0 Å². The lowest BCUT2D eigenvalue weighted by Gasteiger charge is -2.27. The Labute approximate surface area is 102 Å². The number of ether oxygens (including phenoxy) is 1. The largest absolute Gasteiger partial charge is 0.488 e. The summed E-state index contributed by atoms with van der Waals surface area (Å²) >= 11 is 5.95. The van der Waals surface area contributed by atoms with Gasteiger partial charge < -0.3 is 10.5 Å². The van der Waals surface area contributed by atoms with E-state index in [0.717, 1.165) is 24.5 Å². The Kier molecular flexibility index (Phi) is 3.59. The van der Waals surface area contributed by atoms with Gasteiger partial charge >= 0.3 is 0 Å². The number of nitrogen functional groups attached to an aromatic ring is 1. The molecule has 0 aliphatic heterocycles. The van der Waals surface area contributed by atoms with Crippen molar-refractivity contribution in [3.05, 3.63) is 23.2 Å². The predicted octanol–water partition coefficient (Wildman–Crippen LogP) is 3.88. The molecule has 88 valence electrons. The molecule has 1 aromatic rings. The quantitative estimate of drug-likeness (QED) is 0.795.